The van der Waals surface area contributed by atoms with Gasteiger partial charge >= 0.3 is 0 Å². The molecule has 0 bridgehead atoms. The lowest BCUT2D eigenvalue weighted by Crippen LogP contribution is -2.44. The first kappa shape index (κ1) is 21.3. The van der Waals surface area contributed by atoms with Gasteiger partial charge < -0.3 is 19.5 Å². The summed E-state index contributed by atoms with van der Waals surface area (Å²) in [5, 5.41) is 2.98. The number of ketones is 1. The molecule has 2 aromatic carbocycles. The van der Waals surface area contributed by atoms with E-state index in [-0.39, 0.29) is 35.8 Å². The van der Waals surface area contributed by atoms with Crippen LogP contribution in [0.4, 0.5) is 4.39 Å². The fourth-order valence-corrected chi connectivity index (χ4v) is 4.08. The predicted molar refractivity (Wildman–Crippen MR) is 112 cm³/mol. The van der Waals surface area contributed by atoms with Gasteiger partial charge in [0, 0.05) is 43.6 Å². The predicted octanol–water partition coefficient (Wildman–Crippen LogP) is 3.42. The van der Waals surface area contributed by atoms with Crippen molar-refractivity contribution in [3.63, 3.8) is 0 Å². The Kier molecular flexibility index (Phi) is 6.51. The number of benzene rings is 2. The average molecular weight is 427 g/mol. The zero-order valence-electron chi connectivity index (χ0n) is 17.3. The highest BCUT2D eigenvalue weighted by molar-refractivity contribution is 5.98. The molecule has 1 saturated heterocycles. The van der Waals surface area contributed by atoms with E-state index < -0.39 is 0 Å². The van der Waals surface area contributed by atoms with E-state index in [4.69, 9.17) is 14.2 Å². The number of Topliss-reactive ketones (excluding diaryl/α,β-unsaturated/α-hetero) is 1. The first-order valence-electron chi connectivity index (χ1n) is 10.6. The van der Waals surface area contributed by atoms with Crippen molar-refractivity contribution in [2.24, 2.45) is 0 Å². The number of amides is 1. The number of nitrogens with one attached hydrogen (secondary N) is 1. The Morgan fingerprint density at radius 2 is 1.61 bits per heavy atom. The Balaban J connectivity index is 1.33. The van der Waals surface area contributed by atoms with E-state index >= 15 is 0 Å². The van der Waals surface area contributed by atoms with Gasteiger partial charge in [-0.1, -0.05) is 12.1 Å². The molecular formula is C24H26FNO5. The molecule has 164 valence electrons. The second-order valence-corrected chi connectivity index (χ2v) is 7.96. The van der Waals surface area contributed by atoms with E-state index in [0.29, 0.717) is 50.0 Å². The van der Waals surface area contributed by atoms with Gasteiger partial charge in [-0.15, -0.1) is 0 Å². The van der Waals surface area contributed by atoms with Gasteiger partial charge in [-0.25, -0.2) is 4.39 Å². The van der Waals surface area contributed by atoms with E-state index in [1.54, 1.807) is 30.3 Å². The van der Waals surface area contributed by atoms with Crippen molar-refractivity contribution in [3.8, 4) is 11.5 Å². The molecule has 0 aromatic heterocycles. The van der Waals surface area contributed by atoms with Crippen LogP contribution in [0.15, 0.2) is 42.5 Å². The van der Waals surface area contributed by atoms with Crippen LogP contribution in [0.5, 0.6) is 11.5 Å². The standard InChI is InChI=1S/C24H26FNO5/c25-19-4-2-18(3-5-19)24(9-11-29-12-10-24)16-26-23(28)8-6-20(27)17-1-7-21-22(15-17)31-14-13-30-21/h1-5,7,15H,6,8-14,16H2,(H,26,28). The van der Waals surface area contributed by atoms with Crippen LogP contribution in [0.2, 0.25) is 0 Å². The van der Waals surface area contributed by atoms with Crippen LogP contribution in [0.1, 0.15) is 41.6 Å². The molecule has 1 amide bonds. The number of fused-ring (bicyclic) bond motifs is 1. The van der Waals surface area contributed by atoms with Gasteiger partial charge in [0.1, 0.15) is 19.0 Å². The molecule has 0 unspecified atom stereocenters. The number of carbonyl (C=O) groups is 2. The Labute approximate surface area is 180 Å². The first-order chi connectivity index (χ1) is 15.1. The van der Waals surface area contributed by atoms with Crippen LogP contribution in [0, 0.1) is 5.82 Å². The second kappa shape index (κ2) is 9.47. The van der Waals surface area contributed by atoms with Gasteiger partial charge in [0.2, 0.25) is 5.91 Å². The van der Waals surface area contributed by atoms with Crippen molar-refractivity contribution in [3.05, 3.63) is 59.4 Å². The van der Waals surface area contributed by atoms with Crippen molar-refractivity contribution in [2.75, 3.05) is 33.0 Å². The van der Waals surface area contributed by atoms with Crippen molar-refractivity contribution < 1.29 is 28.2 Å². The molecular weight excluding hydrogens is 401 g/mol. The normalized spacial score (nSPS) is 17.1. The largest absolute Gasteiger partial charge is 0.486 e. The van der Waals surface area contributed by atoms with Gasteiger partial charge in [0.25, 0.3) is 0 Å². The minimum atomic E-state index is -0.290. The van der Waals surface area contributed by atoms with Crippen LogP contribution < -0.4 is 14.8 Å². The number of ether oxygens (including phenoxy) is 3. The minimum absolute atomic E-state index is 0.100. The lowest BCUT2D eigenvalue weighted by atomic mass is 9.74. The molecule has 1 fully saturated rings. The van der Waals surface area contributed by atoms with Crippen LogP contribution in [-0.2, 0) is 14.9 Å². The van der Waals surface area contributed by atoms with Crippen molar-refractivity contribution in [2.45, 2.75) is 31.1 Å². The van der Waals surface area contributed by atoms with Crippen LogP contribution in [0.3, 0.4) is 0 Å². The quantitative estimate of drug-likeness (QED) is 0.686. The Morgan fingerprint density at radius 1 is 0.903 bits per heavy atom. The van der Waals surface area contributed by atoms with Crippen LogP contribution >= 0.6 is 0 Å². The summed E-state index contributed by atoms with van der Waals surface area (Å²) in [6.45, 7) is 2.56. The molecule has 2 aliphatic heterocycles. The minimum Gasteiger partial charge on any atom is -0.486 e. The summed E-state index contributed by atoms with van der Waals surface area (Å²) in [6, 6.07) is 11.5. The number of rotatable bonds is 7. The molecule has 2 heterocycles. The number of hydrogen-bond donors (Lipinski definition) is 1. The molecule has 0 radical (unpaired) electrons. The highest BCUT2D eigenvalue weighted by Crippen LogP contribution is 2.34. The van der Waals surface area contributed by atoms with E-state index in [1.807, 2.05) is 0 Å². The topological polar surface area (TPSA) is 73.9 Å². The summed E-state index contributed by atoms with van der Waals surface area (Å²) in [5.41, 5.74) is 1.20. The Hall–Kier alpha value is -2.93. The Morgan fingerprint density at radius 3 is 2.35 bits per heavy atom. The molecule has 7 heteroatoms. The Bertz CT molecular complexity index is 937. The zero-order valence-corrected chi connectivity index (χ0v) is 17.3. The lowest BCUT2D eigenvalue weighted by Gasteiger charge is -2.38. The molecule has 2 aromatic rings. The average Bonchev–Trinajstić information content (AvgIpc) is 2.82. The van der Waals surface area contributed by atoms with Gasteiger partial charge in [-0.3, -0.25) is 9.59 Å². The van der Waals surface area contributed by atoms with Crippen molar-refractivity contribution in [1.82, 2.24) is 5.32 Å². The van der Waals surface area contributed by atoms with E-state index in [9.17, 15) is 14.0 Å². The monoisotopic (exact) mass is 427 g/mol. The summed E-state index contributed by atoms with van der Waals surface area (Å²) in [4.78, 5) is 25.0. The highest BCUT2D eigenvalue weighted by atomic mass is 19.1. The van der Waals surface area contributed by atoms with Crippen LogP contribution in [0.25, 0.3) is 0 Å². The number of carbonyl (C=O) groups excluding carboxylic acids is 2. The zero-order chi connectivity index (χ0) is 21.7. The van der Waals surface area contributed by atoms with Gasteiger partial charge in [-0.05, 0) is 48.7 Å². The molecule has 0 saturated carbocycles. The molecule has 1 N–H and O–H groups in total. The van der Waals surface area contributed by atoms with Crippen LogP contribution in [-0.4, -0.2) is 44.7 Å². The summed E-state index contributed by atoms with van der Waals surface area (Å²) in [5.74, 6) is 0.600. The van der Waals surface area contributed by atoms with Gasteiger partial charge in [0.05, 0.1) is 0 Å². The third kappa shape index (κ3) is 5.05. The molecule has 31 heavy (non-hydrogen) atoms. The fraction of sp³-hybridized carbons (Fsp3) is 0.417. The summed E-state index contributed by atoms with van der Waals surface area (Å²) >= 11 is 0. The molecule has 0 spiro atoms. The fourth-order valence-electron chi connectivity index (χ4n) is 4.08. The van der Waals surface area contributed by atoms with Crippen molar-refractivity contribution in [1.29, 1.82) is 0 Å². The maximum absolute atomic E-state index is 13.4. The molecule has 0 aliphatic carbocycles. The third-order valence-electron chi connectivity index (χ3n) is 5.97. The SMILES string of the molecule is O=C(CCC(=O)c1ccc2c(c1)OCCO2)NCC1(c2ccc(F)cc2)CCOCC1. The van der Waals surface area contributed by atoms with Gasteiger partial charge in [-0.2, -0.15) is 0 Å². The molecule has 0 atom stereocenters. The number of halogens is 1. The first-order valence-corrected chi connectivity index (χ1v) is 10.6. The highest BCUT2D eigenvalue weighted by Gasteiger charge is 2.34. The van der Waals surface area contributed by atoms with Gasteiger partial charge in [0.15, 0.2) is 17.3 Å². The maximum atomic E-state index is 13.4. The smallest absolute Gasteiger partial charge is 0.220 e. The molecule has 4 rings (SSSR count). The van der Waals surface area contributed by atoms with E-state index in [1.165, 1.54) is 12.1 Å². The van der Waals surface area contributed by atoms with Crippen molar-refractivity contribution >= 4 is 11.7 Å². The third-order valence-corrected chi connectivity index (χ3v) is 5.97. The maximum Gasteiger partial charge on any atom is 0.220 e. The molecule has 2 aliphatic rings. The lowest BCUT2D eigenvalue weighted by molar-refractivity contribution is -0.121. The summed E-state index contributed by atoms with van der Waals surface area (Å²) in [7, 11) is 0. The summed E-state index contributed by atoms with van der Waals surface area (Å²) < 4.78 is 29.8. The number of hydrogen-bond acceptors (Lipinski definition) is 5. The van der Waals surface area contributed by atoms with E-state index in [0.717, 1.165) is 18.4 Å². The second-order valence-electron chi connectivity index (χ2n) is 7.96. The van der Waals surface area contributed by atoms with E-state index in [2.05, 4.69) is 5.32 Å². The summed E-state index contributed by atoms with van der Waals surface area (Å²) in [6.07, 6.45) is 1.70. The molecule has 6 nitrogen and oxygen atoms in total.